The molecule has 1 aliphatic rings. The Morgan fingerprint density at radius 3 is 3.00 bits per heavy atom. The maximum atomic E-state index is 13.5. The van der Waals surface area contributed by atoms with Crippen molar-refractivity contribution in [2.45, 2.75) is 25.1 Å². The minimum absolute atomic E-state index is 0.153. The van der Waals surface area contributed by atoms with Crippen LogP contribution in [-0.4, -0.2) is 54.7 Å². The molecule has 5 nitrogen and oxygen atoms in total. The topological polar surface area (TPSA) is 64.6 Å². The summed E-state index contributed by atoms with van der Waals surface area (Å²) in [6.45, 7) is 1.82. The lowest BCUT2D eigenvalue weighted by Gasteiger charge is -2.29. The Balaban J connectivity index is 1.80. The van der Waals surface area contributed by atoms with E-state index in [1.807, 2.05) is 0 Å². The number of aliphatic hydroxyl groups excluding tert-OH is 1. The second-order valence-corrected chi connectivity index (χ2v) is 5.50. The third-order valence-electron chi connectivity index (χ3n) is 3.61. The molecule has 0 saturated carbocycles. The van der Waals surface area contributed by atoms with Crippen molar-refractivity contribution in [2.75, 3.05) is 26.7 Å². The fourth-order valence-electron chi connectivity index (χ4n) is 2.48. The smallest absolute Gasteiger partial charge is 0.234 e. The molecule has 0 aromatic heterocycles. The molecule has 1 fully saturated rings. The predicted octanol–water partition coefficient (Wildman–Crippen LogP) is 0.0965. The minimum Gasteiger partial charge on any atom is -0.390 e. The van der Waals surface area contributed by atoms with Crippen LogP contribution in [0.5, 0.6) is 0 Å². The van der Waals surface area contributed by atoms with Crippen LogP contribution in [0.25, 0.3) is 0 Å². The number of amides is 1. The first-order valence-corrected chi connectivity index (χ1v) is 7.16. The van der Waals surface area contributed by atoms with E-state index >= 15 is 0 Å². The van der Waals surface area contributed by atoms with Crippen molar-refractivity contribution in [1.29, 1.82) is 0 Å². The zero-order valence-electron chi connectivity index (χ0n) is 12.2. The first-order chi connectivity index (χ1) is 10.1. The van der Waals surface area contributed by atoms with E-state index in [0.29, 0.717) is 25.1 Å². The van der Waals surface area contributed by atoms with Crippen LogP contribution < -0.4 is 10.6 Å². The lowest BCUT2D eigenvalue weighted by atomic mass is 10.0. The summed E-state index contributed by atoms with van der Waals surface area (Å²) in [5.41, 5.74) is 0.565. The van der Waals surface area contributed by atoms with Gasteiger partial charge in [0.1, 0.15) is 5.82 Å². The molecule has 0 bridgehead atoms. The SMILES string of the molecule is CN(CC(=O)NC1CCNCC1O)Cc1ccccc1F. The van der Waals surface area contributed by atoms with Crippen LogP contribution in [0, 0.1) is 5.82 Å². The van der Waals surface area contributed by atoms with Gasteiger partial charge in [0.05, 0.1) is 18.7 Å². The van der Waals surface area contributed by atoms with Gasteiger partial charge in [-0.1, -0.05) is 18.2 Å². The summed E-state index contributed by atoms with van der Waals surface area (Å²) in [6, 6.07) is 6.33. The van der Waals surface area contributed by atoms with E-state index in [0.717, 1.165) is 6.54 Å². The number of likely N-dealkylation sites (N-methyl/N-ethyl adjacent to an activating group) is 1. The van der Waals surface area contributed by atoms with Crippen LogP contribution in [0.1, 0.15) is 12.0 Å². The zero-order chi connectivity index (χ0) is 15.2. The molecule has 116 valence electrons. The Kier molecular flexibility index (Phi) is 5.67. The van der Waals surface area contributed by atoms with Gasteiger partial charge in [-0.15, -0.1) is 0 Å². The highest BCUT2D eigenvalue weighted by atomic mass is 19.1. The summed E-state index contributed by atoms with van der Waals surface area (Å²) in [6.07, 6.45) is 0.156. The van der Waals surface area contributed by atoms with Crippen molar-refractivity contribution < 1.29 is 14.3 Å². The lowest BCUT2D eigenvalue weighted by molar-refractivity contribution is -0.123. The molecule has 1 aliphatic heterocycles. The van der Waals surface area contributed by atoms with Gasteiger partial charge in [0, 0.05) is 18.7 Å². The third kappa shape index (κ3) is 4.77. The van der Waals surface area contributed by atoms with Crippen LogP contribution in [-0.2, 0) is 11.3 Å². The van der Waals surface area contributed by atoms with Gasteiger partial charge in [0.2, 0.25) is 5.91 Å². The largest absolute Gasteiger partial charge is 0.390 e. The number of hydrogen-bond donors (Lipinski definition) is 3. The average Bonchev–Trinajstić information content (AvgIpc) is 2.44. The fraction of sp³-hybridized carbons (Fsp3) is 0.533. The molecule has 0 radical (unpaired) electrons. The maximum Gasteiger partial charge on any atom is 0.234 e. The van der Waals surface area contributed by atoms with E-state index < -0.39 is 6.10 Å². The summed E-state index contributed by atoms with van der Waals surface area (Å²) in [5, 5.41) is 15.7. The normalized spacial score (nSPS) is 22.3. The van der Waals surface area contributed by atoms with E-state index in [1.54, 1.807) is 30.1 Å². The molecule has 2 rings (SSSR count). The maximum absolute atomic E-state index is 13.5. The summed E-state index contributed by atoms with van der Waals surface area (Å²) in [4.78, 5) is 13.7. The Bertz CT molecular complexity index is 484. The molecule has 6 heteroatoms. The molecule has 21 heavy (non-hydrogen) atoms. The molecule has 1 saturated heterocycles. The number of benzene rings is 1. The van der Waals surface area contributed by atoms with Gasteiger partial charge in [-0.25, -0.2) is 4.39 Å². The van der Waals surface area contributed by atoms with E-state index in [-0.39, 0.29) is 24.3 Å². The molecular weight excluding hydrogens is 273 g/mol. The summed E-state index contributed by atoms with van der Waals surface area (Å²) < 4.78 is 13.5. The number of nitrogens with zero attached hydrogens (tertiary/aromatic N) is 1. The highest BCUT2D eigenvalue weighted by Gasteiger charge is 2.24. The summed E-state index contributed by atoms with van der Waals surface area (Å²) in [7, 11) is 1.77. The molecule has 1 aromatic carbocycles. The van der Waals surface area contributed by atoms with Crippen molar-refractivity contribution in [3.05, 3.63) is 35.6 Å². The van der Waals surface area contributed by atoms with Crippen molar-refractivity contribution >= 4 is 5.91 Å². The van der Waals surface area contributed by atoms with E-state index in [1.165, 1.54) is 6.07 Å². The molecular formula is C15H22FN3O2. The average molecular weight is 295 g/mol. The van der Waals surface area contributed by atoms with E-state index in [2.05, 4.69) is 10.6 Å². The van der Waals surface area contributed by atoms with Crippen LogP contribution in [0.3, 0.4) is 0 Å². The number of piperidine rings is 1. The van der Waals surface area contributed by atoms with E-state index in [4.69, 9.17) is 0 Å². The standard InChI is InChI=1S/C15H22FN3O2/c1-19(9-11-4-2-3-5-12(11)16)10-15(21)18-13-6-7-17-8-14(13)20/h2-5,13-14,17,20H,6-10H2,1H3,(H,18,21). The highest BCUT2D eigenvalue weighted by molar-refractivity contribution is 5.78. The fourth-order valence-corrected chi connectivity index (χ4v) is 2.48. The van der Waals surface area contributed by atoms with Crippen LogP contribution in [0.4, 0.5) is 4.39 Å². The van der Waals surface area contributed by atoms with Crippen LogP contribution in [0.2, 0.25) is 0 Å². The van der Waals surface area contributed by atoms with Crippen molar-refractivity contribution in [2.24, 2.45) is 0 Å². The van der Waals surface area contributed by atoms with Gasteiger partial charge < -0.3 is 15.7 Å². The molecule has 0 spiro atoms. The number of β-amino-alcohol motifs (C(OH)–C–C–N with tert-alkyl or cyclic N) is 1. The number of carbonyl (C=O) groups is 1. The summed E-state index contributed by atoms with van der Waals surface area (Å²) >= 11 is 0. The monoisotopic (exact) mass is 295 g/mol. The Labute approximate surface area is 124 Å². The van der Waals surface area contributed by atoms with Crippen molar-refractivity contribution in [1.82, 2.24) is 15.5 Å². The number of aliphatic hydroxyl groups is 1. The molecule has 2 unspecified atom stereocenters. The lowest BCUT2D eigenvalue weighted by Crippen LogP contribution is -2.54. The quantitative estimate of drug-likeness (QED) is 0.721. The van der Waals surface area contributed by atoms with Gasteiger partial charge in [-0.2, -0.15) is 0 Å². The second-order valence-electron chi connectivity index (χ2n) is 5.50. The first kappa shape index (κ1) is 15.9. The van der Waals surface area contributed by atoms with Gasteiger partial charge in [0.25, 0.3) is 0 Å². The number of carbonyl (C=O) groups excluding carboxylic acids is 1. The number of rotatable bonds is 5. The minimum atomic E-state index is -0.556. The van der Waals surface area contributed by atoms with Gasteiger partial charge in [-0.3, -0.25) is 9.69 Å². The number of nitrogens with one attached hydrogen (secondary N) is 2. The van der Waals surface area contributed by atoms with E-state index in [9.17, 15) is 14.3 Å². The second kappa shape index (κ2) is 7.49. The molecule has 1 amide bonds. The predicted molar refractivity (Wildman–Crippen MR) is 78.2 cm³/mol. The van der Waals surface area contributed by atoms with Crippen LogP contribution >= 0.6 is 0 Å². The number of hydrogen-bond acceptors (Lipinski definition) is 4. The Morgan fingerprint density at radius 2 is 2.29 bits per heavy atom. The molecule has 2 atom stereocenters. The van der Waals surface area contributed by atoms with Gasteiger partial charge >= 0.3 is 0 Å². The zero-order valence-corrected chi connectivity index (χ0v) is 12.2. The Hall–Kier alpha value is -1.50. The first-order valence-electron chi connectivity index (χ1n) is 7.16. The Morgan fingerprint density at radius 1 is 1.52 bits per heavy atom. The van der Waals surface area contributed by atoms with Gasteiger partial charge in [0.15, 0.2) is 0 Å². The molecule has 0 aliphatic carbocycles. The highest BCUT2D eigenvalue weighted by Crippen LogP contribution is 2.09. The van der Waals surface area contributed by atoms with Gasteiger partial charge in [-0.05, 0) is 26.1 Å². The van der Waals surface area contributed by atoms with Crippen molar-refractivity contribution in [3.8, 4) is 0 Å². The van der Waals surface area contributed by atoms with Crippen LogP contribution in [0.15, 0.2) is 24.3 Å². The molecule has 3 N–H and O–H groups in total. The molecule has 1 heterocycles. The molecule has 1 aromatic rings. The van der Waals surface area contributed by atoms with Crippen molar-refractivity contribution in [3.63, 3.8) is 0 Å². The third-order valence-corrected chi connectivity index (χ3v) is 3.61. The number of halogens is 1. The summed E-state index contributed by atoms with van der Waals surface area (Å²) in [5.74, 6) is -0.418.